The molecule has 1 N–H and O–H groups in total. The Morgan fingerprint density at radius 2 is 1.85 bits per heavy atom. The van der Waals surface area contributed by atoms with E-state index in [-0.39, 0.29) is 5.75 Å². The molecule has 2 rings (SSSR count). The second-order valence-corrected chi connectivity index (χ2v) is 5.14. The van der Waals surface area contributed by atoms with Crippen molar-refractivity contribution in [2.24, 2.45) is 0 Å². The molecule has 0 unspecified atom stereocenters. The minimum Gasteiger partial charge on any atom is -0.496 e. The Labute approximate surface area is 125 Å². The van der Waals surface area contributed by atoms with Crippen molar-refractivity contribution < 1.29 is 19.0 Å². The summed E-state index contributed by atoms with van der Waals surface area (Å²) in [6.07, 6.45) is -0.792. The van der Waals surface area contributed by atoms with Gasteiger partial charge in [0.2, 0.25) is 0 Å². The lowest BCUT2D eigenvalue weighted by molar-refractivity contribution is 0.190. The molecule has 1 atom stereocenters. The van der Waals surface area contributed by atoms with Crippen LogP contribution < -0.4 is 9.47 Å². The molecule has 2 aromatic carbocycles. The molecule has 106 valence electrons. The summed E-state index contributed by atoms with van der Waals surface area (Å²) in [6.45, 7) is 1.60. The van der Waals surface area contributed by atoms with Gasteiger partial charge in [0.05, 0.1) is 18.8 Å². The predicted octanol–water partition coefficient (Wildman–Crippen LogP) is 4.44. The first-order valence-corrected chi connectivity index (χ1v) is 6.80. The molecule has 0 aliphatic rings. The molecule has 5 heteroatoms. The molecule has 0 amide bonds. The minimum absolute atomic E-state index is 0.0864. The van der Waals surface area contributed by atoms with Crippen LogP contribution in [-0.4, -0.2) is 12.2 Å². The van der Waals surface area contributed by atoms with Crippen molar-refractivity contribution in [2.75, 3.05) is 7.11 Å². The van der Waals surface area contributed by atoms with Crippen molar-refractivity contribution >= 4 is 15.9 Å². The first-order chi connectivity index (χ1) is 9.52. The number of halogens is 2. The van der Waals surface area contributed by atoms with Crippen LogP contribution in [0.1, 0.15) is 18.6 Å². The van der Waals surface area contributed by atoms with E-state index in [4.69, 9.17) is 9.47 Å². The third kappa shape index (κ3) is 3.11. The van der Waals surface area contributed by atoms with E-state index in [1.54, 1.807) is 31.2 Å². The average molecular weight is 341 g/mol. The largest absolute Gasteiger partial charge is 0.496 e. The molecule has 0 aromatic heterocycles. The molecule has 0 heterocycles. The van der Waals surface area contributed by atoms with Crippen LogP contribution in [0.5, 0.6) is 17.2 Å². The molecule has 0 saturated carbocycles. The highest BCUT2D eigenvalue weighted by Gasteiger charge is 2.17. The number of ether oxygens (including phenoxy) is 2. The zero-order valence-electron chi connectivity index (χ0n) is 11.1. The third-order valence-corrected chi connectivity index (χ3v) is 3.27. The van der Waals surface area contributed by atoms with Crippen LogP contribution in [0.4, 0.5) is 4.39 Å². The summed E-state index contributed by atoms with van der Waals surface area (Å²) in [5.74, 6) is 0.456. The maximum atomic E-state index is 13.8. The Bertz CT molecular complexity index is 614. The normalized spacial score (nSPS) is 12.1. The Morgan fingerprint density at radius 1 is 1.15 bits per heavy atom. The van der Waals surface area contributed by atoms with E-state index in [1.807, 2.05) is 0 Å². The first kappa shape index (κ1) is 14.8. The van der Waals surface area contributed by atoms with Gasteiger partial charge in [0.15, 0.2) is 11.6 Å². The molecule has 2 aromatic rings. The Morgan fingerprint density at radius 3 is 2.45 bits per heavy atom. The number of aliphatic hydroxyl groups excluding tert-OH is 1. The zero-order valence-corrected chi connectivity index (χ0v) is 12.6. The number of hydrogen-bond donors (Lipinski definition) is 1. The number of rotatable bonds is 4. The molecule has 0 fully saturated rings. The number of benzene rings is 2. The summed E-state index contributed by atoms with van der Waals surface area (Å²) in [7, 11) is 1.51. The van der Waals surface area contributed by atoms with Crippen LogP contribution in [0.3, 0.4) is 0 Å². The second kappa shape index (κ2) is 6.24. The fourth-order valence-corrected chi connectivity index (χ4v) is 2.21. The van der Waals surface area contributed by atoms with Crippen molar-refractivity contribution in [2.45, 2.75) is 13.0 Å². The van der Waals surface area contributed by atoms with E-state index in [1.165, 1.54) is 19.2 Å². The van der Waals surface area contributed by atoms with E-state index >= 15 is 0 Å². The molecule has 0 spiro atoms. The highest BCUT2D eigenvalue weighted by atomic mass is 79.9. The number of methoxy groups -OCH3 is 1. The van der Waals surface area contributed by atoms with Gasteiger partial charge in [-0.1, -0.05) is 22.0 Å². The van der Waals surface area contributed by atoms with E-state index < -0.39 is 11.9 Å². The van der Waals surface area contributed by atoms with Crippen LogP contribution in [-0.2, 0) is 0 Å². The SMILES string of the molecule is COc1cccc(Oc2ccc(Br)cc2F)c1[C@@H](C)O. The van der Waals surface area contributed by atoms with Crippen molar-refractivity contribution in [3.05, 3.63) is 52.3 Å². The van der Waals surface area contributed by atoms with Gasteiger partial charge in [0.25, 0.3) is 0 Å². The highest BCUT2D eigenvalue weighted by Crippen LogP contribution is 2.37. The van der Waals surface area contributed by atoms with E-state index in [2.05, 4.69) is 15.9 Å². The third-order valence-electron chi connectivity index (χ3n) is 2.78. The van der Waals surface area contributed by atoms with Crippen LogP contribution >= 0.6 is 15.9 Å². The standard InChI is InChI=1S/C15H14BrFO3/c1-9(18)15-13(19-2)4-3-5-14(15)20-12-7-6-10(16)8-11(12)17/h3-9,18H,1-2H3/t9-/m1/s1. The van der Waals surface area contributed by atoms with Crippen LogP contribution in [0, 0.1) is 5.82 Å². The molecule has 0 saturated heterocycles. The summed E-state index contributed by atoms with van der Waals surface area (Å²) in [5, 5.41) is 9.85. The molecule has 3 nitrogen and oxygen atoms in total. The summed E-state index contributed by atoms with van der Waals surface area (Å²) in [4.78, 5) is 0. The van der Waals surface area contributed by atoms with Gasteiger partial charge in [-0.15, -0.1) is 0 Å². The molecule has 0 aliphatic carbocycles. The summed E-state index contributed by atoms with van der Waals surface area (Å²) < 4.78 is 25.2. The maximum Gasteiger partial charge on any atom is 0.166 e. The van der Waals surface area contributed by atoms with Crippen molar-refractivity contribution in [3.8, 4) is 17.2 Å². The van der Waals surface area contributed by atoms with Gasteiger partial charge >= 0.3 is 0 Å². The molecule has 0 bridgehead atoms. The van der Waals surface area contributed by atoms with Gasteiger partial charge in [0.1, 0.15) is 11.5 Å². The van der Waals surface area contributed by atoms with Gasteiger partial charge in [-0.2, -0.15) is 0 Å². The molecule has 0 radical (unpaired) electrons. The summed E-state index contributed by atoms with van der Waals surface area (Å²) in [5.41, 5.74) is 0.484. The van der Waals surface area contributed by atoms with E-state index in [0.717, 1.165) is 0 Å². The summed E-state index contributed by atoms with van der Waals surface area (Å²) >= 11 is 3.19. The fourth-order valence-electron chi connectivity index (χ4n) is 1.88. The Hall–Kier alpha value is -1.59. The molecular formula is C15H14BrFO3. The summed E-state index contributed by atoms with van der Waals surface area (Å²) in [6, 6.07) is 9.61. The van der Waals surface area contributed by atoms with Crippen LogP contribution in [0.15, 0.2) is 40.9 Å². The van der Waals surface area contributed by atoms with Crippen molar-refractivity contribution in [1.82, 2.24) is 0 Å². The topological polar surface area (TPSA) is 38.7 Å². The number of aliphatic hydroxyl groups is 1. The Balaban J connectivity index is 2.43. The lowest BCUT2D eigenvalue weighted by atomic mass is 10.1. The highest BCUT2D eigenvalue weighted by molar-refractivity contribution is 9.10. The lowest BCUT2D eigenvalue weighted by Gasteiger charge is -2.16. The van der Waals surface area contributed by atoms with Gasteiger partial charge in [-0.3, -0.25) is 0 Å². The van der Waals surface area contributed by atoms with Gasteiger partial charge < -0.3 is 14.6 Å². The van der Waals surface area contributed by atoms with Gasteiger partial charge in [-0.05, 0) is 37.3 Å². The van der Waals surface area contributed by atoms with Gasteiger partial charge in [0, 0.05) is 4.47 Å². The van der Waals surface area contributed by atoms with Gasteiger partial charge in [-0.25, -0.2) is 4.39 Å². The lowest BCUT2D eigenvalue weighted by Crippen LogP contribution is -2.00. The monoisotopic (exact) mass is 340 g/mol. The predicted molar refractivity (Wildman–Crippen MR) is 77.8 cm³/mol. The molecule has 0 aliphatic heterocycles. The minimum atomic E-state index is -0.792. The second-order valence-electron chi connectivity index (χ2n) is 4.22. The van der Waals surface area contributed by atoms with Crippen LogP contribution in [0.2, 0.25) is 0 Å². The fraction of sp³-hybridized carbons (Fsp3) is 0.200. The first-order valence-electron chi connectivity index (χ1n) is 6.00. The zero-order chi connectivity index (χ0) is 14.7. The quantitative estimate of drug-likeness (QED) is 0.893. The van der Waals surface area contributed by atoms with Crippen molar-refractivity contribution in [3.63, 3.8) is 0 Å². The smallest absolute Gasteiger partial charge is 0.166 e. The Kier molecular flexibility index (Phi) is 4.62. The average Bonchev–Trinajstić information content (AvgIpc) is 2.41. The van der Waals surface area contributed by atoms with Crippen LogP contribution in [0.25, 0.3) is 0 Å². The molecular weight excluding hydrogens is 327 g/mol. The number of hydrogen-bond acceptors (Lipinski definition) is 3. The van der Waals surface area contributed by atoms with Crippen molar-refractivity contribution in [1.29, 1.82) is 0 Å². The maximum absolute atomic E-state index is 13.8. The van der Waals surface area contributed by atoms with E-state index in [9.17, 15) is 9.50 Å². The molecule has 20 heavy (non-hydrogen) atoms. The van der Waals surface area contributed by atoms with E-state index in [0.29, 0.717) is 21.5 Å².